The number of nitrogens with one attached hydrogen (secondary N) is 3. The van der Waals surface area contributed by atoms with E-state index in [1.165, 1.54) is 25.7 Å². The van der Waals surface area contributed by atoms with Crippen molar-refractivity contribution in [3.63, 3.8) is 0 Å². The number of carbonyl (C=O) groups is 5. The number of amides is 5. The van der Waals surface area contributed by atoms with Crippen LogP contribution in [0.3, 0.4) is 0 Å². The molecule has 0 aromatic rings. The monoisotopic (exact) mass is 531 g/mol. The van der Waals surface area contributed by atoms with E-state index in [0.717, 1.165) is 5.01 Å². The van der Waals surface area contributed by atoms with E-state index in [-0.39, 0.29) is 42.7 Å². The zero-order valence-corrected chi connectivity index (χ0v) is 22.0. The fourth-order valence-corrected chi connectivity index (χ4v) is 5.48. The maximum absolute atomic E-state index is 13.6. The number of hydrazine groups is 1. The van der Waals surface area contributed by atoms with Crippen LogP contribution in [0.4, 0.5) is 13.2 Å². The van der Waals surface area contributed by atoms with Crippen LogP contribution >= 0.6 is 0 Å². The lowest BCUT2D eigenvalue weighted by Gasteiger charge is -2.38. The molecule has 0 aromatic carbocycles. The minimum absolute atomic E-state index is 0.0331. The van der Waals surface area contributed by atoms with Crippen molar-refractivity contribution in [2.24, 2.45) is 28.6 Å². The van der Waals surface area contributed by atoms with Gasteiger partial charge in [-0.3, -0.25) is 34.4 Å². The normalized spacial score (nSPS) is 27.2. The van der Waals surface area contributed by atoms with Crippen LogP contribution in [0, 0.1) is 28.6 Å². The van der Waals surface area contributed by atoms with Gasteiger partial charge in [-0.2, -0.15) is 13.2 Å². The molecule has 208 valence electrons. The SMILES string of the molecule is CCC(=O)N(C[C@@H]1CCNC1=O)NC(=O)[C@@H]1[C@@H]2[C@H](CN1C(=O)[C@@H](NC(=O)C(F)(F)F)C(C)(C)C)C2(C)C. The summed E-state index contributed by atoms with van der Waals surface area (Å²) in [6, 6.07) is -2.59. The van der Waals surface area contributed by atoms with Gasteiger partial charge >= 0.3 is 12.1 Å². The number of carbonyl (C=O) groups excluding carboxylic acids is 5. The van der Waals surface area contributed by atoms with Crippen molar-refractivity contribution >= 4 is 29.5 Å². The van der Waals surface area contributed by atoms with Crippen molar-refractivity contribution in [2.45, 2.75) is 72.6 Å². The molecule has 10 nitrogen and oxygen atoms in total. The Kier molecular flexibility index (Phi) is 7.59. The van der Waals surface area contributed by atoms with Crippen LogP contribution in [0.25, 0.3) is 0 Å². The highest BCUT2D eigenvalue weighted by Gasteiger charge is 2.70. The lowest BCUT2D eigenvalue weighted by Crippen LogP contribution is -2.62. The fourth-order valence-electron chi connectivity index (χ4n) is 5.48. The van der Waals surface area contributed by atoms with Gasteiger partial charge in [-0.15, -0.1) is 0 Å². The molecule has 5 amide bonds. The van der Waals surface area contributed by atoms with E-state index in [2.05, 4.69) is 10.7 Å². The number of halogens is 3. The van der Waals surface area contributed by atoms with Crippen LogP contribution in [0.2, 0.25) is 0 Å². The van der Waals surface area contributed by atoms with Crippen LogP contribution in [0.1, 0.15) is 54.4 Å². The predicted molar refractivity (Wildman–Crippen MR) is 125 cm³/mol. The molecule has 1 saturated carbocycles. The molecule has 0 bridgehead atoms. The second-order valence-corrected chi connectivity index (χ2v) is 11.8. The van der Waals surface area contributed by atoms with E-state index in [1.54, 1.807) is 6.92 Å². The zero-order chi connectivity index (χ0) is 28.1. The molecule has 1 aliphatic carbocycles. The summed E-state index contributed by atoms with van der Waals surface area (Å²) in [4.78, 5) is 64.7. The van der Waals surface area contributed by atoms with E-state index < -0.39 is 53.2 Å². The Hall–Kier alpha value is -2.86. The first-order valence-corrected chi connectivity index (χ1v) is 12.5. The molecule has 0 spiro atoms. The van der Waals surface area contributed by atoms with Gasteiger partial charge in [0.1, 0.15) is 12.1 Å². The number of hydrogen-bond donors (Lipinski definition) is 3. The van der Waals surface area contributed by atoms with Gasteiger partial charge in [0, 0.05) is 19.5 Å². The number of likely N-dealkylation sites (tertiary alicyclic amines) is 1. The van der Waals surface area contributed by atoms with E-state index in [9.17, 15) is 37.1 Å². The molecule has 3 rings (SSSR count). The highest BCUT2D eigenvalue weighted by Crippen LogP contribution is 2.65. The maximum atomic E-state index is 13.6. The average molecular weight is 532 g/mol. The molecule has 3 fully saturated rings. The van der Waals surface area contributed by atoms with Gasteiger partial charge < -0.3 is 15.5 Å². The van der Waals surface area contributed by atoms with Gasteiger partial charge in [-0.1, -0.05) is 41.5 Å². The number of fused-ring (bicyclic) bond motifs is 1. The summed E-state index contributed by atoms with van der Waals surface area (Å²) < 4.78 is 39.0. The second kappa shape index (κ2) is 9.79. The number of nitrogens with zero attached hydrogens (tertiary/aromatic N) is 2. The molecule has 0 aromatic heterocycles. The molecule has 13 heteroatoms. The molecule has 3 aliphatic rings. The lowest BCUT2D eigenvalue weighted by atomic mass is 9.85. The van der Waals surface area contributed by atoms with Crippen LogP contribution < -0.4 is 16.1 Å². The Balaban J connectivity index is 1.85. The third-order valence-electron chi connectivity index (χ3n) is 7.82. The highest BCUT2D eigenvalue weighted by molar-refractivity contribution is 5.95. The molecule has 5 atom stereocenters. The van der Waals surface area contributed by atoms with Gasteiger partial charge in [0.2, 0.25) is 17.7 Å². The van der Waals surface area contributed by atoms with E-state index in [4.69, 9.17) is 0 Å². The quantitative estimate of drug-likeness (QED) is 0.440. The summed E-state index contributed by atoms with van der Waals surface area (Å²) in [6.07, 6.45) is -4.61. The van der Waals surface area contributed by atoms with Crippen LogP contribution in [0.15, 0.2) is 0 Å². The van der Waals surface area contributed by atoms with Crippen molar-refractivity contribution < 1.29 is 37.1 Å². The largest absolute Gasteiger partial charge is 0.471 e. The summed E-state index contributed by atoms with van der Waals surface area (Å²) in [5.74, 6) is -5.16. The first kappa shape index (κ1) is 28.7. The van der Waals surface area contributed by atoms with Crippen molar-refractivity contribution in [1.82, 2.24) is 26.0 Å². The summed E-state index contributed by atoms with van der Waals surface area (Å²) >= 11 is 0. The third kappa shape index (κ3) is 5.69. The van der Waals surface area contributed by atoms with Crippen LogP contribution in [-0.4, -0.2) is 77.3 Å². The summed E-state index contributed by atoms with van der Waals surface area (Å²) in [5.41, 5.74) is 1.21. The third-order valence-corrected chi connectivity index (χ3v) is 7.82. The Morgan fingerprint density at radius 3 is 2.30 bits per heavy atom. The first-order valence-electron chi connectivity index (χ1n) is 12.5. The number of hydrogen-bond acceptors (Lipinski definition) is 5. The molecule has 2 heterocycles. The predicted octanol–water partition coefficient (Wildman–Crippen LogP) is 0.969. The second-order valence-electron chi connectivity index (χ2n) is 11.8. The maximum Gasteiger partial charge on any atom is 0.471 e. The molecule has 0 unspecified atom stereocenters. The molecule has 3 N–H and O–H groups in total. The number of piperidine rings is 1. The van der Waals surface area contributed by atoms with Crippen molar-refractivity contribution in [2.75, 3.05) is 19.6 Å². The molecule has 2 aliphatic heterocycles. The Morgan fingerprint density at radius 1 is 1.19 bits per heavy atom. The van der Waals surface area contributed by atoms with Crippen molar-refractivity contribution in [3.8, 4) is 0 Å². The summed E-state index contributed by atoms with van der Waals surface area (Å²) in [7, 11) is 0. The molecule has 2 saturated heterocycles. The number of alkyl halides is 3. The molecular formula is C24H36F3N5O5. The van der Waals surface area contributed by atoms with Crippen LogP contribution in [0.5, 0.6) is 0 Å². The Morgan fingerprint density at radius 2 is 1.81 bits per heavy atom. The Bertz CT molecular complexity index is 977. The van der Waals surface area contributed by atoms with E-state index >= 15 is 0 Å². The molecule has 0 radical (unpaired) electrons. The number of rotatable bonds is 6. The fraction of sp³-hybridized carbons (Fsp3) is 0.792. The molecule has 37 heavy (non-hydrogen) atoms. The van der Waals surface area contributed by atoms with Gasteiger partial charge in [0.05, 0.1) is 12.5 Å². The van der Waals surface area contributed by atoms with Gasteiger partial charge in [0.25, 0.3) is 5.91 Å². The van der Waals surface area contributed by atoms with E-state index in [1.807, 2.05) is 19.2 Å². The van der Waals surface area contributed by atoms with E-state index in [0.29, 0.717) is 13.0 Å². The van der Waals surface area contributed by atoms with Gasteiger partial charge in [-0.05, 0) is 29.1 Å². The zero-order valence-electron chi connectivity index (χ0n) is 22.0. The minimum Gasteiger partial charge on any atom is -0.356 e. The van der Waals surface area contributed by atoms with Crippen molar-refractivity contribution in [1.29, 1.82) is 0 Å². The lowest BCUT2D eigenvalue weighted by molar-refractivity contribution is -0.176. The minimum atomic E-state index is -5.18. The molecular weight excluding hydrogens is 495 g/mol. The average Bonchev–Trinajstić information content (AvgIpc) is 3.14. The van der Waals surface area contributed by atoms with Crippen LogP contribution in [-0.2, 0) is 24.0 Å². The standard InChI is InChI=1S/C24H36F3N5O5/c1-7-14(33)32(10-12-8-9-28-18(12)34)30-19(35)16-15-13(23(15,5)6)11-31(16)20(36)17(22(2,3)4)29-21(37)24(25,26)27/h12-13,15-17H,7-11H2,1-6H3,(H,28,34)(H,29,37)(H,30,35)/t12-,13-,15-,16-,17+/m0/s1. The van der Waals surface area contributed by atoms with Gasteiger partial charge in [-0.25, -0.2) is 0 Å². The smallest absolute Gasteiger partial charge is 0.356 e. The van der Waals surface area contributed by atoms with Crippen molar-refractivity contribution in [3.05, 3.63) is 0 Å². The Labute approximate surface area is 214 Å². The highest BCUT2D eigenvalue weighted by atomic mass is 19.4. The van der Waals surface area contributed by atoms with Gasteiger partial charge in [0.15, 0.2) is 0 Å². The summed E-state index contributed by atoms with van der Waals surface area (Å²) in [5, 5.41) is 5.58. The summed E-state index contributed by atoms with van der Waals surface area (Å²) in [6.45, 7) is 10.6. The first-order chi connectivity index (χ1) is 16.9. The topological polar surface area (TPSA) is 128 Å².